The summed E-state index contributed by atoms with van der Waals surface area (Å²) >= 11 is 0. The van der Waals surface area contributed by atoms with Crippen molar-refractivity contribution in [2.75, 3.05) is 6.61 Å². The number of hydrogen-bond acceptors (Lipinski definition) is 5. The Hall–Kier alpha value is -4.19. The first kappa shape index (κ1) is 25.5. The van der Waals surface area contributed by atoms with Crippen molar-refractivity contribution in [3.05, 3.63) is 88.8 Å². The average Bonchev–Trinajstić information content (AvgIpc) is 3.35. The van der Waals surface area contributed by atoms with E-state index in [1.807, 2.05) is 54.6 Å². The van der Waals surface area contributed by atoms with Crippen molar-refractivity contribution in [3.63, 3.8) is 0 Å². The Kier molecular flexibility index (Phi) is 6.66. The molecule has 4 aromatic rings. The Morgan fingerprint density at radius 1 is 1.05 bits per heavy atom. The van der Waals surface area contributed by atoms with Crippen molar-refractivity contribution < 1.29 is 23.8 Å². The molecule has 38 heavy (non-hydrogen) atoms. The quantitative estimate of drug-likeness (QED) is 0.280. The molecule has 6 heteroatoms. The van der Waals surface area contributed by atoms with Crippen LogP contribution in [0.5, 0.6) is 0 Å². The molecule has 1 aliphatic carbocycles. The van der Waals surface area contributed by atoms with Crippen LogP contribution in [0.4, 0.5) is 0 Å². The fraction of sp³-hybridized carbons (Fsp3) is 0.281. The lowest BCUT2D eigenvalue weighted by atomic mass is 9.69. The summed E-state index contributed by atoms with van der Waals surface area (Å²) in [4.78, 5) is 29.4. The lowest BCUT2D eigenvalue weighted by molar-refractivity contribution is 0.0525. The van der Waals surface area contributed by atoms with Crippen LogP contribution in [0.3, 0.4) is 0 Å². The van der Waals surface area contributed by atoms with Crippen molar-refractivity contribution in [1.29, 1.82) is 0 Å². The molecule has 0 unspecified atom stereocenters. The number of fused-ring (bicyclic) bond motifs is 2. The van der Waals surface area contributed by atoms with E-state index in [-0.39, 0.29) is 17.3 Å². The minimum absolute atomic E-state index is 0.0206. The van der Waals surface area contributed by atoms with Gasteiger partial charge in [-0.05, 0) is 78.6 Å². The van der Waals surface area contributed by atoms with Gasteiger partial charge in [0.25, 0.3) is 0 Å². The molecule has 5 rings (SSSR count). The molecule has 1 atom stereocenters. The smallest absolute Gasteiger partial charge is 0.338 e. The monoisotopic (exact) mass is 509 g/mol. The molecule has 2 heterocycles. The number of carboxylic acids is 1. The number of carbonyl (C=O) groups is 2. The molecule has 0 radical (unpaired) electrons. The fourth-order valence-electron chi connectivity index (χ4n) is 5.12. The number of esters is 1. The van der Waals surface area contributed by atoms with Crippen LogP contribution in [0.25, 0.3) is 33.9 Å². The second-order valence-corrected chi connectivity index (χ2v) is 10.8. The summed E-state index contributed by atoms with van der Waals surface area (Å²) in [6, 6.07) is 18.3. The van der Waals surface area contributed by atoms with Gasteiger partial charge in [-0.2, -0.15) is 0 Å². The van der Waals surface area contributed by atoms with Gasteiger partial charge in [-0.25, -0.2) is 14.6 Å². The van der Waals surface area contributed by atoms with Crippen LogP contribution in [0, 0.1) is 11.3 Å². The van der Waals surface area contributed by atoms with Crippen molar-refractivity contribution in [1.82, 2.24) is 4.98 Å². The number of ether oxygens (including phenoxy) is 1. The highest BCUT2D eigenvalue weighted by Gasteiger charge is 2.35. The molecule has 0 amide bonds. The number of aromatic carboxylic acids is 1. The number of allylic oxidation sites excluding steroid dienone is 1. The van der Waals surface area contributed by atoms with Crippen LogP contribution in [-0.2, 0) is 11.2 Å². The van der Waals surface area contributed by atoms with Gasteiger partial charge in [0.1, 0.15) is 11.5 Å². The van der Waals surface area contributed by atoms with Crippen molar-refractivity contribution >= 4 is 34.5 Å². The molecule has 0 aliphatic heterocycles. The molecule has 0 spiro atoms. The minimum atomic E-state index is -0.930. The highest BCUT2D eigenvalue weighted by Crippen LogP contribution is 2.45. The first-order valence-corrected chi connectivity index (χ1v) is 12.9. The summed E-state index contributed by atoms with van der Waals surface area (Å²) in [7, 11) is 0. The van der Waals surface area contributed by atoms with Crippen molar-refractivity contribution in [2.24, 2.45) is 11.3 Å². The maximum Gasteiger partial charge on any atom is 0.338 e. The Morgan fingerprint density at radius 3 is 2.47 bits per heavy atom. The summed E-state index contributed by atoms with van der Waals surface area (Å²) in [5.74, 6) is 0.298. The molecule has 6 nitrogen and oxygen atoms in total. The van der Waals surface area contributed by atoms with Crippen molar-refractivity contribution in [3.8, 4) is 11.3 Å². The second kappa shape index (κ2) is 9.93. The average molecular weight is 510 g/mol. The zero-order chi connectivity index (χ0) is 27.0. The van der Waals surface area contributed by atoms with E-state index in [4.69, 9.17) is 14.1 Å². The Labute approximate surface area is 222 Å². The third-order valence-corrected chi connectivity index (χ3v) is 7.28. The summed E-state index contributed by atoms with van der Waals surface area (Å²) < 4.78 is 11.2. The Bertz CT molecular complexity index is 1550. The van der Waals surface area contributed by atoms with Crippen LogP contribution in [0.15, 0.2) is 65.1 Å². The van der Waals surface area contributed by atoms with Crippen LogP contribution in [0.2, 0.25) is 0 Å². The van der Waals surface area contributed by atoms with Crippen LogP contribution < -0.4 is 0 Å². The maximum absolute atomic E-state index is 12.5. The number of rotatable bonds is 5. The molecular formula is C32H31NO5. The summed E-state index contributed by atoms with van der Waals surface area (Å²) in [6.07, 6.45) is 3.41. The van der Waals surface area contributed by atoms with E-state index in [0.717, 1.165) is 28.8 Å². The lowest BCUT2D eigenvalue weighted by Gasteiger charge is -2.36. The SMILES string of the molecule is CCOC(=O)c1ccc(-c2ccc(/C=C3\C[C@H](C(C)(C)C)Cc4c3nc3ccccc3c4C(=O)O)o2)cc1. The van der Waals surface area contributed by atoms with Crippen LogP contribution in [0.1, 0.15) is 71.8 Å². The largest absolute Gasteiger partial charge is 0.478 e. The lowest BCUT2D eigenvalue weighted by Crippen LogP contribution is -2.28. The number of para-hydroxylation sites is 1. The van der Waals surface area contributed by atoms with Gasteiger partial charge in [-0.3, -0.25) is 0 Å². The van der Waals surface area contributed by atoms with Gasteiger partial charge in [-0.1, -0.05) is 51.1 Å². The number of furan rings is 1. The first-order chi connectivity index (χ1) is 18.2. The third kappa shape index (κ3) is 4.86. The van der Waals surface area contributed by atoms with Crippen LogP contribution >= 0.6 is 0 Å². The molecule has 0 saturated heterocycles. The topological polar surface area (TPSA) is 89.6 Å². The van der Waals surface area contributed by atoms with Gasteiger partial charge < -0.3 is 14.3 Å². The zero-order valence-corrected chi connectivity index (χ0v) is 22.1. The van der Waals surface area contributed by atoms with E-state index >= 15 is 0 Å². The first-order valence-electron chi connectivity index (χ1n) is 12.9. The van der Waals surface area contributed by atoms with Crippen molar-refractivity contribution in [2.45, 2.75) is 40.5 Å². The van der Waals surface area contributed by atoms with E-state index in [1.165, 1.54) is 0 Å². The highest BCUT2D eigenvalue weighted by atomic mass is 16.5. The van der Waals surface area contributed by atoms with E-state index < -0.39 is 5.97 Å². The molecular weight excluding hydrogens is 478 g/mol. The summed E-state index contributed by atoms with van der Waals surface area (Å²) in [5, 5.41) is 10.9. The molecule has 1 N–H and O–H groups in total. The van der Waals surface area contributed by atoms with Gasteiger partial charge >= 0.3 is 11.9 Å². The highest BCUT2D eigenvalue weighted by molar-refractivity contribution is 6.06. The fourth-order valence-corrected chi connectivity index (χ4v) is 5.12. The summed E-state index contributed by atoms with van der Waals surface area (Å²) in [5.41, 5.74) is 4.82. The van der Waals surface area contributed by atoms with Gasteiger partial charge in [-0.15, -0.1) is 0 Å². The van der Waals surface area contributed by atoms with Gasteiger partial charge in [0.2, 0.25) is 0 Å². The normalized spacial score (nSPS) is 16.4. The van der Waals surface area contributed by atoms with E-state index in [9.17, 15) is 14.7 Å². The molecule has 2 aromatic heterocycles. The van der Waals surface area contributed by atoms with Gasteiger partial charge in [0, 0.05) is 10.9 Å². The second-order valence-electron chi connectivity index (χ2n) is 10.8. The number of hydrogen-bond donors (Lipinski definition) is 1. The number of benzene rings is 2. The molecule has 2 aromatic carbocycles. The number of pyridine rings is 1. The molecule has 1 aliphatic rings. The standard InChI is InChI=1S/C32H31NO5/c1-5-37-31(36)20-12-10-19(11-13-20)27-15-14-23(38-27)17-21-16-22(32(2,3)4)18-25-28(30(34)35)24-8-6-7-9-26(24)33-29(21)25/h6-15,17,22H,5,16,18H2,1-4H3,(H,34,35)/b21-17+/t22-/m0/s1. The zero-order valence-electron chi connectivity index (χ0n) is 22.1. The number of nitrogens with zero attached hydrogens (tertiary/aromatic N) is 1. The van der Waals surface area contributed by atoms with Gasteiger partial charge in [0.15, 0.2) is 0 Å². The van der Waals surface area contributed by atoms with Crippen LogP contribution in [-0.4, -0.2) is 28.6 Å². The van der Waals surface area contributed by atoms with E-state index in [1.54, 1.807) is 19.1 Å². The predicted molar refractivity (Wildman–Crippen MR) is 148 cm³/mol. The molecule has 194 valence electrons. The number of carboxylic acid groups (broad SMARTS) is 1. The third-order valence-electron chi connectivity index (χ3n) is 7.28. The molecule has 0 saturated carbocycles. The maximum atomic E-state index is 12.5. The predicted octanol–water partition coefficient (Wildman–Crippen LogP) is 7.52. The Balaban J connectivity index is 1.57. The Morgan fingerprint density at radius 2 is 1.79 bits per heavy atom. The summed E-state index contributed by atoms with van der Waals surface area (Å²) in [6.45, 7) is 8.69. The molecule has 0 bridgehead atoms. The number of aromatic nitrogens is 1. The van der Waals surface area contributed by atoms with E-state index in [0.29, 0.717) is 46.6 Å². The van der Waals surface area contributed by atoms with E-state index in [2.05, 4.69) is 20.8 Å². The molecule has 0 fully saturated rings. The number of carbonyl (C=O) groups excluding carboxylic acids is 1. The van der Waals surface area contributed by atoms with Gasteiger partial charge in [0.05, 0.1) is 28.9 Å². The minimum Gasteiger partial charge on any atom is -0.478 e.